The van der Waals surface area contributed by atoms with Crippen LogP contribution in [0.25, 0.3) is 0 Å². The van der Waals surface area contributed by atoms with Crippen molar-refractivity contribution in [3.05, 3.63) is 54.1 Å². The van der Waals surface area contributed by atoms with Gasteiger partial charge < -0.3 is 10.4 Å². The molecule has 0 aliphatic heterocycles. The van der Waals surface area contributed by atoms with Crippen molar-refractivity contribution in [3.8, 4) is 0 Å². The fourth-order valence-corrected chi connectivity index (χ4v) is 1.40. The summed E-state index contributed by atoms with van der Waals surface area (Å²) < 4.78 is 13.0. The molecule has 0 atom stereocenters. The van der Waals surface area contributed by atoms with Gasteiger partial charge in [0.15, 0.2) is 0 Å². The summed E-state index contributed by atoms with van der Waals surface area (Å²) in [6, 6.07) is 7.31. The molecule has 0 radical (unpaired) electrons. The molecular weight excluding hydrogens is 223 g/mol. The van der Waals surface area contributed by atoms with Crippen LogP contribution >= 0.6 is 0 Å². The van der Waals surface area contributed by atoms with Crippen molar-refractivity contribution in [2.45, 2.75) is 0 Å². The summed E-state index contributed by atoms with van der Waals surface area (Å²) in [5.41, 5.74) is 0.897. The molecule has 0 aliphatic rings. The topological polar surface area (TPSA) is 62.2 Å². The van der Waals surface area contributed by atoms with Gasteiger partial charge >= 0.3 is 5.97 Å². The van der Waals surface area contributed by atoms with E-state index in [2.05, 4.69) is 10.3 Å². The van der Waals surface area contributed by atoms with E-state index in [0.29, 0.717) is 11.4 Å². The highest BCUT2D eigenvalue weighted by atomic mass is 19.1. The molecule has 0 spiro atoms. The third-order valence-electron chi connectivity index (χ3n) is 2.16. The lowest BCUT2D eigenvalue weighted by molar-refractivity contribution is 0.0697. The van der Waals surface area contributed by atoms with E-state index in [1.165, 1.54) is 30.6 Å². The van der Waals surface area contributed by atoms with Crippen LogP contribution in [0.2, 0.25) is 0 Å². The van der Waals surface area contributed by atoms with Crippen LogP contribution in [-0.2, 0) is 0 Å². The number of nitrogens with zero attached hydrogens (tertiary/aromatic N) is 1. The van der Waals surface area contributed by atoms with Crippen LogP contribution in [0.4, 0.5) is 15.8 Å². The zero-order valence-electron chi connectivity index (χ0n) is 8.72. The molecule has 2 N–H and O–H groups in total. The van der Waals surface area contributed by atoms with Crippen molar-refractivity contribution in [3.63, 3.8) is 0 Å². The lowest BCUT2D eigenvalue weighted by Crippen LogP contribution is -2.03. The maximum Gasteiger partial charge on any atom is 0.339 e. The van der Waals surface area contributed by atoms with E-state index in [-0.39, 0.29) is 11.4 Å². The number of aromatic carboxylic acids is 1. The number of anilines is 2. The fraction of sp³-hybridized carbons (Fsp3) is 0. The number of halogens is 1. The molecule has 86 valence electrons. The molecule has 17 heavy (non-hydrogen) atoms. The molecule has 1 aromatic heterocycles. The number of carboxylic acid groups (broad SMARTS) is 1. The first-order valence-corrected chi connectivity index (χ1v) is 4.87. The Bertz CT molecular complexity index is 558. The van der Waals surface area contributed by atoms with Gasteiger partial charge in [-0.25, -0.2) is 9.18 Å². The first kappa shape index (κ1) is 11.1. The Kier molecular flexibility index (Phi) is 3.00. The number of benzene rings is 1. The van der Waals surface area contributed by atoms with Crippen LogP contribution in [-0.4, -0.2) is 16.1 Å². The highest BCUT2D eigenvalue weighted by Gasteiger charge is 2.09. The molecule has 4 nitrogen and oxygen atoms in total. The summed E-state index contributed by atoms with van der Waals surface area (Å²) in [7, 11) is 0. The summed E-state index contributed by atoms with van der Waals surface area (Å²) >= 11 is 0. The molecule has 0 saturated heterocycles. The minimum atomic E-state index is -1.09. The smallest absolute Gasteiger partial charge is 0.339 e. The Morgan fingerprint density at radius 2 is 2.18 bits per heavy atom. The van der Waals surface area contributed by atoms with E-state index in [1.54, 1.807) is 12.1 Å². The van der Waals surface area contributed by atoms with E-state index in [4.69, 9.17) is 5.11 Å². The first-order chi connectivity index (χ1) is 8.16. The van der Waals surface area contributed by atoms with Crippen molar-refractivity contribution in [1.29, 1.82) is 0 Å². The Labute approximate surface area is 96.7 Å². The van der Waals surface area contributed by atoms with E-state index < -0.39 is 5.97 Å². The maximum absolute atomic E-state index is 13.0. The molecule has 0 unspecified atom stereocenters. The monoisotopic (exact) mass is 232 g/mol. The summed E-state index contributed by atoms with van der Waals surface area (Å²) in [6.07, 6.45) is 2.71. The van der Waals surface area contributed by atoms with Gasteiger partial charge in [0.25, 0.3) is 0 Å². The normalized spacial score (nSPS) is 9.94. The minimum absolute atomic E-state index is 0.0387. The summed E-state index contributed by atoms with van der Waals surface area (Å²) in [5, 5.41) is 11.8. The number of hydrogen-bond donors (Lipinski definition) is 2. The molecule has 5 heteroatoms. The number of carbonyl (C=O) groups is 1. The maximum atomic E-state index is 13.0. The predicted octanol–water partition coefficient (Wildman–Crippen LogP) is 2.66. The number of hydrogen-bond acceptors (Lipinski definition) is 3. The molecule has 0 aliphatic carbocycles. The third-order valence-corrected chi connectivity index (χ3v) is 2.16. The first-order valence-electron chi connectivity index (χ1n) is 4.87. The molecule has 2 aromatic rings. The summed E-state index contributed by atoms with van der Waals surface area (Å²) in [4.78, 5) is 14.7. The number of rotatable bonds is 3. The van der Waals surface area contributed by atoms with Crippen LogP contribution in [0, 0.1) is 5.82 Å². The molecule has 1 aromatic carbocycles. The summed E-state index contributed by atoms with van der Waals surface area (Å²) in [5.74, 6) is -1.47. The number of nitrogens with one attached hydrogen (secondary N) is 1. The highest BCUT2D eigenvalue weighted by Crippen LogP contribution is 2.20. The van der Waals surface area contributed by atoms with Gasteiger partial charge in [-0.3, -0.25) is 4.98 Å². The van der Waals surface area contributed by atoms with Crippen molar-refractivity contribution in [1.82, 2.24) is 4.98 Å². The second kappa shape index (κ2) is 4.61. The lowest BCUT2D eigenvalue weighted by atomic mass is 10.2. The van der Waals surface area contributed by atoms with Gasteiger partial charge in [-0.15, -0.1) is 0 Å². The molecule has 0 bridgehead atoms. The average Bonchev–Trinajstić information content (AvgIpc) is 2.29. The molecule has 1 heterocycles. The number of aromatic nitrogens is 1. The Balaban J connectivity index is 2.33. The van der Waals surface area contributed by atoms with Crippen LogP contribution in [0.3, 0.4) is 0 Å². The van der Waals surface area contributed by atoms with E-state index in [1.807, 2.05) is 0 Å². The quantitative estimate of drug-likeness (QED) is 0.853. The van der Waals surface area contributed by atoms with E-state index >= 15 is 0 Å². The fourth-order valence-electron chi connectivity index (χ4n) is 1.40. The molecule has 0 fully saturated rings. The number of carboxylic acids is 1. The van der Waals surface area contributed by atoms with Crippen LogP contribution in [0.5, 0.6) is 0 Å². The van der Waals surface area contributed by atoms with Crippen molar-refractivity contribution >= 4 is 17.3 Å². The molecular formula is C12H9FN2O2. The van der Waals surface area contributed by atoms with Crippen molar-refractivity contribution in [2.75, 3.05) is 5.32 Å². The minimum Gasteiger partial charge on any atom is -0.478 e. The van der Waals surface area contributed by atoms with Gasteiger partial charge in [0, 0.05) is 18.1 Å². The van der Waals surface area contributed by atoms with Gasteiger partial charge in [-0.05, 0) is 24.3 Å². The Hall–Kier alpha value is -2.43. The van der Waals surface area contributed by atoms with Crippen molar-refractivity contribution < 1.29 is 14.3 Å². The molecule has 2 rings (SSSR count). The second-order valence-corrected chi connectivity index (χ2v) is 3.36. The van der Waals surface area contributed by atoms with Gasteiger partial charge in [-0.2, -0.15) is 0 Å². The van der Waals surface area contributed by atoms with E-state index in [9.17, 15) is 9.18 Å². The average molecular weight is 232 g/mol. The Morgan fingerprint density at radius 3 is 2.88 bits per heavy atom. The van der Waals surface area contributed by atoms with Gasteiger partial charge in [0.1, 0.15) is 11.4 Å². The zero-order valence-corrected chi connectivity index (χ0v) is 8.72. The standard InChI is InChI=1S/C12H9FN2O2/c13-8-2-1-3-9(6-8)15-11-4-5-14-7-10(11)12(16)17/h1-7H,(H,14,15)(H,16,17). The SMILES string of the molecule is O=C(O)c1cnccc1Nc1cccc(F)c1. The molecule has 0 saturated carbocycles. The Morgan fingerprint density at radius 1 is 1.35 bits per heavy atom. The molecule has 0 amide bonds. The van der Waals surface area contributed by atoms with Crippen LogP contribution < -0.4 is 5.32 Å². The lowest BCUT2D eigenvalue weighted by Gasteiger charge is -2.08. The zero-order chi connectivity index (χ0) is 12.3. The van der Waals surface area contributed by atoms with E-state index in [0.717, 1.165) is 0 Å². The van der Waals surface area contributed by atoms with Crippen molar-refractivity contribution in [2.24, 2.45) is 0 Å². The summed E-state index contributed by atoms with van der Waals surface area (Å²) in [6.45, 7) is 0. The largest absolute Gasteiger partial charge is 0.478 e. The predicted molar refractivity (Wildman–Crippen MR) is 60.9 cm³/mol. The van der Waals surface area contributed by atoms with Crippen LogP contribution in [0.15, 0.2) is 42.7 Å². The number of pyridine rings is 1. The van der Waals surface area contributed by atoms with Gasteiger partial charge in [0.05, 0.1) is 5.69 Å². The highest BCUT2D eigenvalue weighted by molar-refractivity contribution is 5.94. The van der Waals surface area contributed by atoms with Gasteiger partial charge in [0.2, 0.25) is 0 Å². The third kappa shape index (κ3) is 2.57. The van der Waals surface area contributed by atoms with Gasteiger partial charge in [-0.1, -0.05) is 6.07 Å². The van der Waals surface area contributed by atoms with Crippen LogP contribution in [0.1, 0.15) is 10.4 Å². The second-order valence-electron chi connectivity index (χ2n) is 3.36.